The molecular formula is C16H22NO. The molecule has 0 aliphatic heterocycles. The van der Waals surface area contributed by atoms with Gasteiger partial charge in [0.05, 0.1) is 0 Å². The predicted molar refractivity (Wildman–Crippen MR) is 74.6 cm³/mol. The van der Waals surface area contributed by atoms with E-state index in [9.17, 15) is 0 Å². The van der Waals surface area contributed by atoms with Crippen LogP contribution >= 0.6 is 0 Å². The molecule has 1 aliphatic carbocycles. The number of benzene rings is 1. The summed E-state index contributed by atoms with van der Waals surface area (Å²) in [4.78, 5) is 5.31. The molecule has 0 amide bonds. The van der Waals surface area contributed by atoms with Crippen LogP contribution in [0.3, 0.4) is 0 Å². The van der Waals surface area contributed by atoms with Gasteiger partial charge in [0.25, 0.3) is 0 Å². The maximum atomic E-state index is 5.31. The minimum absolute atomic E-state index is 0.515. The maximum Gasteiger partial charge on any atom is 0.142 e. The monoisotopic (exact) mass is 244 g/mol. The van der Waals surface area contributed by atoms with Gasteiger partial charge in [0.1, 0.15) is 12.8 Å². The SMILES string of the molecule is CCc1ccc(CO/N=[C]\C2CCCCC2)cc1. The van der Waals surface area contributed by atoms with Crippen molar-refractivity contribution in [2.24, 2.45) is 11.1 Å². The zero-order chi connectivity index (χ0) is 12.6. The van der Waals surface area contributed by atoms with Crippen LogP contribution in [0.5, 0.6) is 0 Å². The van der Waals surface area contributed by atoms with Crippen LogP contribution < -0.4 is 0 Å². The Hall–Kier alpha value is -1.31. The summed E-state index contributed by atoms with van der Waals surface area (Å²) in [6.07, 6.45) is 10.6. The molecule has 0 unspecified atom stereocenters. The van der Waals surface area contributed by atoms with Crippen LogP contribution in [0.2, 0.25) is 0 Å². The number of hydrogen-bond acceptors (Lipinski definition) is 2. The summed E-state index contributed by atoms with van der Waals surface area (Å²) >= 11 is 0. The molecule has 1 aromatic rings. The van der Waals surface area contributed by atoms with Crippen LogP contribution in [-0.4, -0.2) is 6.21 Å². The van der Waals surface area contributed by atoms with Crippen molar-refractivity contribution in [3.8, 4) is 0 Å². The van der Waals surface area contributed by atoms with Gasteiger partial charge in [-0.05, 0) is 30.4 Å². The normalized spacial score (nSPS) is 17.2. The lowest BCUT2D eigenvalue weighted by molar-refractivity contribution is 0.130. The van der Waals surface area contributed by atoms with E-state index in [2.05, 4.69) is 42.6 Å². The molecule has 2 nitrogen and oxygen atoms in total. The Labute approximate surface area is 110 Å². The van der Waals surface area contributed by atoms with Crippen molar-refractivity contribution >= 4 is 6.21 Å². The molecule has 0 heterocycles. The summed E-state index contributed by atoms with van der Waals surface area (Å²) in [6, 6.07) is 8.50. The molecule has 1 radical (unpaired) electrons. The van der Waals surface area contributed by atoms with Crippen LogP contribution in [0.4, 0.5) is 0 Å². The molecule has 2 rings (SSSR count). The zero-order valence-electron chi connectivity index (χ0n) is 11.2. The summed E-state index contributed by atoms with van der Waals surface area (Å²) in [6.45, 7) is 2.71. The molecule has 97 valence electrons. The molecule has 1 fully saturated rings. The minimum atomic E-state index is 0.515. The molecule has 1 saturated carbocycles. The first-order chi connectivity index (χ1) is 8.88. The Balaban J connectivity index is 1.71. The Bertz CT molecular complexity index is 363. The van der Waals surface area contributed by atoms with Crippen molar-refractivity contribution < 1.29 is 4.84 Å². The molecule has 0 N–H and O–H groups in total. The molecule has 0 saturated heterocycles. The van der Waals surface area contributed by atoms with Crippen molar-refractivity contribution in [2.45, 2.75) is 52.1 Å². The molecule has 0 aromatic heterocycles. The van der Waals surface area contributed by atoms with E-state index in [0.717, 1.165) is 6.42 Å². The van der Waals surface area contributed by atoms with Gasteiger partial charge < -0.3 is 4.84 Å². The van der Waals surface area contributed by atoms with Crippen LogP contribution in [0, 0.1) is 5.92 Å². The number of nitrogens with zero attached hydrogens (tertiary/aromatic N) is 1. The predicted octanol–water partition coefficient (Wildman–Crippen LogP) is 4.21. The van der Waals surface area contributed by atoms with Gasteiger partial charge in [0.2, 0.25) is 0 Å². The van der Waals surface area contributed by atoms with Gasteiger partial charge in [-0.25, -0.2) is 0 Å². The van der Waals surface area contributed by atoms with Crippen molar-refractivity contribution in [1.29, 1.82) is 0 Å². The average molecular weight is 244 g/mol. The van der Waals surface area contributed by atoms with E-state index in [1.54, 1.807) is 0 Å². The summed E-state index contributed by atoms with van der Waals surface area (Å²) in [5.41, 5.74) is 2.53. The smallest absolute Gasteiger partial charge is 0.142 e. The molecule has 0 bridgehead atoms. The highest BCUT2D eigenvalue weighted by Crippen LogP contribution is 2.21. The fourth-order valence-electron chi connectivity index (χ4n) is 2.32. The van der Waals surface area contributed by atoms with E-state index in [-0.39, 0.29) is 0 Å². The Kier molecular flexibility index (Phi) is 5.25. The largest absolute Gasteiger partial charge is 0.391 e. The second-order valence-electron chi connectivity index (χ2n) is 5.00. The quantitative estimate of drug-likeness (QED) is 0.561. The third-order valence-electron chi connectivity index (χ3n) is 3.57. The second-order valence-corrected chi connectivity index (χ2v) is 5.00. The van der Waals surface area contributed by atoms with Gasteiger partial charge in [-0.15, -0.1) is 0 Å². The number of aryl methyl sites for hydroxylation is 1. The maximum absolute atomic E-state index is 5.31. The van der Waals surface area contributed by atoms with E-state index in [4.69, 9.17) is 4.84 Å². The first kappa shape index (κ1) is 13.1. The topological polar surface area (TPSA) is 21.6 Å². The first-order valence-electron chi connectivity index (χ1n) is 7.04. The summed E-state index contributed by atoms with van der Waals surface area (Å²) < 4.78 is 0. The highest BCUT2D eigenvalue weighted by Gasteiger charge is 2.11. The lowest BCUT2D eigenvalue weighted by atomic mass is 9.90. The first-order valence-corrected chi connectivity index (χ1v) is 7.04. The summed E-state index contributed by atoms with van der Waals surface area (Å²) in [7, 11) is 0. The van der Waals surface area contributed by atoms with E-state index >= 15 is 0 Å². The van der Waals surface area contributed by atoms with Gasteiger partial charge in [-0.3, -0.25) is 0 Å². The average Bonchev–Trinajstić information content (AvgIpc) is 2.45. The van der Waals surface area contributed by atoms with Gasteiger partial charge in [-0.2, -0.15) is 0 Å². The highest BCUT2D eigenvalue weighted by molar-refractivity contribution is 5.59. The zero-order valence-corrected chi connectivity index (χ0v) is 11.2. The molecule has 2 heteroatoms. The van der Waals surface area contributed by atoms with Crippen LogP contribution in [-0.2, 0) is 17.9 Å². The fraction of sp³-hybridized carbons (Fsp3) is 0.562. The standard InChI is InChI=1S/C16H22NO/c1-2-14-8-10-16(11-9-14)13-18-17-12-15-6-4-3-5-7-15/h8-11,15H,2-7,13H2,1H3. The van der Waals surface area contributed by atoms with Gasteiger partial charge in [0.15, 0.2) is 0 Å². The van der Waals surface area contributed by atoms with Gasteiger partial charge in [0, 0.05) is 5.92 Å². The summed E-state index contributed by atoms with van der Waals surface area (Å²) in [5.74, 6) is 0.515. The van der Waals surface area contributed by atoms with E-state index in [1.165, 1.54) is 43.2 Å². The third-order valence-corrected chi connectivity index (χ3v) is 3.57. The van der Waals surface area contributed by atoms with Crippen molar-refractivity contribution in [3.05, 3.63) is 35.4 Å². The number of rotatable bonds is 5. The Morgan fingerprint density at radius 1 is 1.11 bits per heavy atom. The highest BCUT2D eigenvalue weighted by atomic mass is 16.6. The minimum Gasteiger partial charge on any atom is -0.391 e. The van der Waals surface area contributed by atoms with E-state index in [1.807, 2.05) is 0 Å². The Morgan fingerprint density at radius 3 is 2.44 bits per heavy atom. The molecule has 0 spiro atoms. The van der Waals surface area contributed by atoms with Crippen LogP contribution in [0.15, 0.2) is 29.4 Å². The summed E-state index contributed by atoms with van der Waals surface area (Å²) in [5, 5.41) is 3.98. The lowest BCUT2D eigenvalue weighted by Crippen LogP contribution is -2.07. The second kappa shape index (κ2) is 7.20. The Morgan fingerprint density at radius 2 is 1.78 bits per heavy atom. The lowest BCUT2D eigenvalue weighted by Gasteiger charge is -2.15. The molecule has 1 aromatic carbocycles. The molecule has 18 heavy (non-hydrogen) atoms. The molecular weight excluding hydrogens is 222 g/mol. The molecule has 0 atom stereocenters. The third kappa shape index (κ3) is 4.17. The number of hydrogen-bond donors (Lipinski definition) is 0. The van der Waals surface area contributed by atoms with Crippen molar-refractivity contribution in [2.75, 3.05) is 0 Å². The van der Waals surface area contributed by atoms with Gasteiger partial charge >= 0.3 is 0 Å². The van der Waals surface area contributed by atoms with E-state index < -0.39 is 0 Å². The fourth-order valence-corrected chi connectivity index (χ4v) is 2.32. The van der Waals surface area contributed by atoms with Crippen molar-refractivity contribution in [1.82, 2.24) is 0 Å². The van der Waals surface area contributed by atoms with Crippen LogP contribution in [0.25, 0.3) is 0 Å². The molecule has 1 aliphatic rings. The van der Waals surface area contributed by atoms with Crippen molar-refractivity contribution in [3.63, 3.8) is 0 Å². The van der Waals surface area contributed by atoms with E-state index in [0.29, 0.717) is 12.5 Å². The van der Waals surface area contributed by atoms with Crippen LogP contribution in [0.1, 0.15) is 50.2 Å². The van der Waals surface area contributed by atoms with Gasteiger partial charge in [-0.1, -0.05) is 55.6 Å².